The second kappa shape index (κ2) is 33.0. The van der Waals surface area contributed by atoms with Gasteiger partial charge in [-0.2, -0.15) is 0 Å². The molecular formula is C130H118N2. The lowest BCUT2D eigenvalue weighted by Gasteiger charge is -2.25. The molecule has 0 unspecified atom stereocenters. The first-order chi connectivity index (χ1) is 63.2. The summed E-state index contributed by atoms with van der Waals surface area (Å²) in [5.41, 5.74) is 37.6. The van der Waals surface area contributed by atoms with Crippen molar-refractivity contribution in [1.82, 2.24) is 9.13 Å². The van der Waals surface area contributed by atoms with Crippen LogP contribution in [-0.2, 0) is 32.5 Å². The monoisotopic (exact) mass is 1710 g/mol. The van der Waals surface area contributed by atoms with E-state index in [1.807, 2.05) is 0 Å². The fourth-order valence-electron chi connectivity index (χ4n) is 20.0. The number of hydrogen-bond acceptors (Lipinski definition) is 0. The Balaban J connectivity index is 0.000000165. The molecular weight excluding hydrogens is 1590 g/mol. The highest BCUT2D eigenvalue weighted by Crippen LogP contribution is 2.51. The summed E-state index contributed by atoms with van der Waals surface area (Å²) < 4.78 is 4.83. The van der Waals surface area contributed by atoms with Gasteiger partial charge in [0.15, 0.2) is 0 Å². The zero-order chi connectivity index (χ0) is 91.7. The van der Waals surface area contributed by atoms with Gasteiger partial charge in [0, 0.05) is 32.9 Å². The Morgan fingerprint density at radius 3 is 0.523 bits per heavy atom. The molecule has 648 valence electrons. The van der Waals surface area contributed by atoms with E-state index >= 15 is 0 Å². The van der Waals surface area contributed by atoms with E-state index in [9.17, 15) is 0 Å². The highest BCUT2D eigenvalue weighted by Gasteiger charge is 2.29. The summed E-state index contributed by atoms with van der Waals surface area (Å²) in [7, 11) is 0. The molecule has 2 heterocycles. The Bertz CT molecular complexity index is 7980. The molecule has 0 radical (unpaired) electrons. The first-order valence-corrected chi connectivity index (χ1v) is 47.2. The van der Waals surface area contributed by atoms with E-state index < -0.39 is 0 Å². The Morgan fingerprint density at radius 1 is 0.129 bits per heavy atom. The van der Waals surface area contributed by atoms with Crippen LogP contribution in [0.5, 0.6) is 0 Å². The third-order valence-corrected chi connectivity index (χ3v) is 27.8. The summed E-state index contributed by atoms with van der Waals surface area (Å²) >= 11 is 0. The first kappa shape index (κ1) is 85.9. The molecule has 0 amide bonds. The predicted molar refractivity (Wildman–Crippen MR) is 573 cm³/mol. The Labute approximate surface area is 780 Å². The molecule has 132 heavy (non-hydrogen) atoms. The molecule has 0 atom stereocenters. The van der Waals surface area contributed by atoms with Crippen LogP contribution in [0.3, 0.4) is 0 Å². The smallest absolute Gasteiger partial charge is 0.0541 e. The summed E-state index contributed by atoms with van der Waals surface area (Å²) in [6.45, 7) is 41.7. The van der Waals surface area contributed by atoms with Crippen LogP contribution in [0.15, 0.2) is 388 Å². The standard InChI is InChI=1S/C68H61N.C62H57N/c1-66(2,3)52-34-37-57-60(42-52)64(49-28-24-47(25-29-49)46-22-20-45(21-23-46)44-16-12-10-13-17-44)56-36-33-53(67(4,5)6)43-61(56)65(57)50-30-26-48(27-31-50)51-32-38-62-58(40-51)59-41-54(68(7,8)9)35-39-63(59)69(62)55-18-14-11-15-19-55;1-60(2,3)46-30-33-51-54(38-46)58(43-24-20-41(21-25-43)40-16-12-10-13-17-40)50-32-29-47(61(4,5)6)39-55(50)59(51)44-26-22-42(23-27-44)45-28-34-56-52(36-45)53-37-48(62(7,8)9)31-35-57(53)63(56)49-18-14-11-15-19-49/h10-43H,1-9H3;10-39H,1-9H3. The number of benzene rings is 19. The van der Waals surface area contributed by atoms with Gasteiger partial charge in [-0.3, -0.25) is 0 Å². The quantitative estimate of drug-likeness (QED) is 0.114. The SMILES string of the molecule is CC(C)(C)c1ccc2c(-c3ccc(-c4ccc5c(c4)c4cc(C(C)(C)C)ccc4n5-c4ccccc4)cc3)c3cc(C(C)(C)C)ccc3c(-c3ccc(-c4ccc(-c5ccccc5)cc4)cc3)c2c1.CC(C)(C)c1ccc2c(-c3ccc(-c4ccc5c(c4)c4cc(C(C)(C)C)ccc4n5-c4ccccc4)cc3)c3cc(C(C)(C)C)ccc3c(-c3ccc(-c4ccccc4)cc3)c2c1. The zero-order valence-corrected chi connectivity index (χ0v) is 79.8. The van der Waals surface area contributed by atoms with Crippen molar-refractivity contribution in [3.63, 3.8) is 0 Å². The topological polar surface area (TPSA) is 9.86 Å². The van der Waals surface area contributed by atoms with Gasteiger partial charge in [0.1, 0.15) is 0 Å². The molecule has 2 nitrogen and oxygen atoms in total. The fraction of sp³-hybridized carbons (Fsp3) is 0.185. The van der Waals surface area contributed by atoms with E-state index in [0.29, 0.717) is 0 Å². The second-order valence-electron chi connectivity index (χ2n) is 42.9. The van der Waals surface area contributed by atoms with Gasteiger partial charge in [0.25, 0.3) is 0 Å². The van der Waals surface area contributed by atoms with Gasteiger partial charge in [0.05, 0.1) is 22.1 Å². The van der Waals surface area contributed by atoms with Crippen LogP contribution >= 0.6 is 0 Å². The minimum Gasteiger partial charge on any atom is -0.309 e. The van der Waals surface area contributed by atoms with Crippen molar-refractivity contribution < 1.29 is 0 Å². The first-order valence-electron chi connectivity index (χ1n) is 47.2. The lowest BCUT2D eigenvalue weighted by molar-refractivity contribution is 0.590. The molecule has 21 aromatic rings. The van der Waals surface area contributed by atoms with Gasteiger partial charge in [0.2, 0.25) is 0 Å². The zero-order valence-electron chi connectivity index (χ0n) is 79.8. The van der Waals surface area contributed by atoms with Crippen LogP contribution in [0.4, 0.5) is 0 Å². The van der Waals surface area contributed by atoms with E-state index in [1.165, 1.54) is 232 Å². The third-order valence-electron chi connectivity index (χ3n) is 27.8. The van der Waals surface area contributed by atoms with Gasteiger partial charge in [-0.05, 0) is 306 Å². The molecule has 0 N–H and O–H groups in total. The van der Waals surface area contributed by atoms with E-state index in [-0.39, 0.29) is 32.5 Å². The van der Waals surface area contributed by atoms with Crippen LogP contribution in [-0.4, -0.2) is 9.13 Å². The molecule has 0 fully saturated rings. The second-order valence-corrected chi connectivity index (χ2v) is 42.9. The number of fused-ring (bicyclic) bond motifs is 10. The van der Waals surface area contributed by atoms with Crippen molar-refractivity contribution in [2.24, 2.45) is 0 Å². The number of para-hydroxylation sites is 2. The number of rotatable bonds is 11. The van der Waals surface area contributed by atoms with Gasteiger partial charge in [-0.15, -0.1) is 0 Å². The van der Waals surface area contributed by atoms with Crippen LogP contribution in [0.25, 0.3) is 198 Å². The van der Waals surface area contributed by atoms with Crippen LogP contribution < -0.4 is 0 Å². The molecule has 2 heteroatoms. The molecule has 0 aliphatic heterocycles. The molecule has 0 aliphatic rings. The van der Waals surface area contributed by atoms with Crippen molar-refractivity contribution in [2.75, 3.05) is 0 Å². The summed E-state index contributed by atoms with van der Waals surface area (Å²) in [6, 6.07) is 146. The van der Waals surface area contributed by atoms with Gasteiger partial charge < -0.3 is 9.13 Å². The molecule has 0 spiro atoms. The van der Waals surface area contributed by atoms with E-state index in [0.717, 1.165) is 0 Å². The number of aromatic nitrogens is 2. The van der Waals surface area contributed by atoms with Crippen molar-refractivity contribution in [2.45, 2.75) is 157 Å². The largest absolute Gasteiger partial charge is 0.309 e. The number of hydrogen-bond donors (Lipinski definition) is 0. The third kappa shape index (κ3) is 16.1. The lowest BCUT2D eigenvalue weighted by Crippen LogP contribution is -2.11. The Hall–Kier alpha value is -14.2. The predicted octanol–water partition coefficient (Wildman–Crippen LogP) is 37.0. The summed E-state index contributed by atoms with van der Waals surface area (Å²) in [6.07, 6.45) is 0. The maximum Gasteiger partial charge on any atom is 0.0541 e. The summed E-state index contributed by atoms with van der Waals surface area (Å²) in [4.78, 5) is 0. The Kier molecular flexibility index (Phi) is 21.5. The maximum atomic E-state index is 2.48. The van der Waals surface area contributed by atoms with Gasteiger partial charge >= 0.3 is 0 Å². The molecule has 0 saturated carbocycles. The molecule has 19 aromatic carbocycles. The molecule has 21 rings (SSSR count). The molecule has 0 bridgehead atoms. The molecule has 0 saturated heterocycles. The molecule has 2 aromatic heterocycles. The van der Waals surface area contributed by atoms with E-state index in [4.69, 9.17) is 0 Å². The van der Waals surface area contributed by atoms with Gasteiger partial charge in [-0.1, -0.05) is 416 Å². The lowest BCUT2D eigenvalue weighted by atomic mass is 9.79. The average Bonchev–Trinajstić information content (AvgIpc) is 1.49. The van der Waals surface area contributed by atoms with Crippen LogP contribution in [0.1, 0.15) is 158 Å². The fourth-order valence-corrected chi connectivity index (χ4v) is 20.0. The molecule has 0 aliphatic carbocycles. The minimum absolute atomic E-state index is 0.00169. The normalized spacial score (nSPS) is 12.5. The highest BCUT2D eigenvalue weighted by molar-refractivity contribution is 6.24. The van der Waals surface area contributed by atoms with E-state index in [1.54, 1.807) is 0 Å². The minimum atomic E-state index is -0.0197. The summed E-state index contributed by atoms with van der Waals surface area (Å²) in [5, 5.41) is 15.4. The number of nitrogens with zero attached hydrogens (tertiary/aromatic N) is 2. The van der Waals surface area contributed by atoms with Crippen molar-refractivity contribution in [3.05, 3.63) is 422 Å². The summed E-state index contributed by atoms with van der Waals surface area (Å²) in [5.74, 6) is 0. The van der Waals surface area contributed by atoms with Crippen molar-refractivity contribution in [3.8, 4) is 112 Å². The Morgan fingerprint density at radius 2 is 0.295 bits per heavy atom. The van der Waals surface area contributed by atoms with Crippen molar-refractivity contribution >= 4 is 86.7 Å². The van der Waals surface area contributed by atoms with Crippen molar-refractivity contribution in [1.29, 1.82) is 0 Å². The van der Waals surface area contributed by atoms with Gasteiger partial charge in [-0.25, -0.2) is 0 Å². The van der Waals surface area contributed by atoms with Crippen LogP contribution in [0, 0.1) is 0 Å². The maximum absolute atomic E-state index is 2.48. The van der Waals surface area contributed by atoms with E-state index in [2.05, 4.69) is 522 Å². The highest BCUT2D eigenvalue weighted by atomic mass is 15.0. The van der Waals surface area contributed by atoms with Crippen LogP contribution in [0.2, 0.25) is 0 Å². The average molecular weight is 1710 g/mol.